The summed E-state index contributed by atoms with van der Waals surface area (Å²) in [7, 11) is 0. The summed E-state index contributed by atoms with van der Waals surface area (Å²) in [5.41, 5.74) is -1.31. The summed E-state index contributed by atoms with van der Waals surface area (Å²) in [6.07, 6.45) is 10.1. The first kappa shape index (κ1) is 10.7. The van der Waals surface area contributed by atoms with Gasteiger partial charge in [-0.05, 0) is 68.5 Å². The summed E-state index contributed by atoms with van der Waals surface area (Å²) >= 11 is 0. The van der Waals surface area contributed by atoms with Gasteiger partial charge in [-0.3, -0.25) is 0 Å². The molecule has 0 radical (unpaired) electrons. The predicted molar refractivity (Wildman–Crippen MR) is 94.1 cm³/mol. The van der Waals surface area contributed by atoms with Crippen LogP contribution in [0.1, 0.15) is 50.9 Å². The van der Waals surface area contributed by atoms with Crippen LogP contribution in [0.3, 0.4) is 0 Å². The minimum absolute atomic E-state index is 0.0986. The van der Waals surface area contributed by atoms with Gasteiger partial charge in [0.05, 0.1) is 12.5 Å². The van der Waals surface area contributed by atoms with Gasteiger partial charge in [-0.1, -0.05) is 48.8 Å². The summed E-state index contributed by atoms with van der Waals surface area (Å²) < 4.78 is 40.9. The second-order valence-corrected chi connectivity index (χ2v) is 7.46. The van der Waals surface area contributed by atoms with Crippen molar-refractivity contribution in [2.45, 2.75) is 44.1 Å². The zero-order valence-corrected chi connectivity index (χ0v) is 13.6. The molecule has 0 amide bonds. The number of rotatable bonds is 5. The first-order valence-corrected chi connectivity index (χ1v) is 9.03. The molecule has 0 aromatic heterocycles. The molecule has 4 rings (SSSR count). The van der Waals surface area contributed by atoms with E-state index in [2.05, 4.69) is 17.1 Å². The molecule has 3 aliphatic rings. The third kappa shape index (κ3) is 2.99. The monoisotopic (exact) mass is 316 g/mol. The Bertz CT molecular complexity index is 762. The van der Waals surface area contributed by atoms with Crippen molar-refractivity contribution in [2.24, 2.45) is 17.8 Å². The number of hydrogen-bond donors (Lipinski definition) is 1. The highest BCUT2D eigenvalue weighted by Crippen LogP contribution is 2.52. The van der Waals surface area contributed by atoms with E-state index in [1.54, 1.807) is 0 Å². The minimum atomic E-state index is -1.41. The van der Waals surface area contributed by atoms with Gasteiger partial charge in [0, 0.05) is 6.54 Å². The lowest BCUT2D eigenvalue weighted by Crippen LogP contribution is -2.42. The van der Waals surface area contributed by atoms with Gasteiger partial charge < -0.3 is 10.0 Å². The van der Waals surface area contributed by atoms with Crippen LogP contribution in [0.4, 0.5) is 0 Å². The van der Waals surface area contributed by atoms with Crippen molar-refractivity contribution in [3.63, 3.8) is 0 Å². The fraction of sp³-hybridized carbons (Fsp3) is 0.619. The van der Waals surface area contributed by atoms with Gasteiger partial charge in [0.25, 0.3) is 0 Å². The van der Waals surface area contributed by atoms with Crippen molar-refractivity contribution in [3.8, 4) is 0 Å². The average molecular weight is 316 g/mol. The van der Waals surface area contributed by atoms with Crippen LogP contribution in [-0.2, 0) is 5.60 Å². The number of fused-ring (bicyclic) bond motifs is 2. The van der Waals surface area contributed by atoms with Crippen LogP contribution < -0.4 is 0 Å². The van der Waals surface area contributed by atoms with E-state index in [1.807, 2.05) is 0 Å². The fourth-order valence-electron chi connectivity index (χ4n) is 4.80. The molecule has 1 aromatic rings. The molecule has 2 bridgehead atoms. The Morgan fingerprint density at radius 1 is 1.09 bits per heavy atom. The van der Waals surface area contributed by atoms with Gasteiger partial charge in [0.2, 0.25) is 0 Å². The lowest BCUT2D eigenvalue weighted by molar-refractivity contribution is -0.0495. The van der Waals surface area contributed by atoms with E-state index in [0.717, 1.165) is 38.8 Å². The van der Waals surface area contributed by atoms with Crippen LogP contribution in [-0.4, -0.2) is 29.6 Å². The van der Waals surface area contributed by atoms with Crippen molar-refractivity contribution < 1.29 is 12.0 Å². The molecule has 4 atom stereocenters. The lowest BCUT2D eigenvalue weighted by atomic mass is 9.72. The Labute approximate surface area is 147 Å². The van der Waals surface area contributed by atoms with E-state index in [-0.39, 0.29) is 41.6 Å². The van der Waals surface area contributed by atoms with E-state index >= 15 is 0 Å². The van der Waals surface area contributed by atoms with Gasteiger partial charge in [0.15, 0.2) is 0 Å². The second kappa shape index (κ2) is 6.41. The number of aliphatic hydroxyl groups is 1. The van der Waals surface area contributed by atoms with Crippen LogP contribution in [0.15, 0.2) is 42.4 Å². The molecule has 4 unspecified atom stereocenters. The Morgan fingerprint density at radius 3 is 2.52 bits per heavy atom. The topological polar surface area (TPSA) is 23.5 Å². The molecule has 2 heteroatoms. The highest BCUT2D eigenvalue weighted by Gasteiger charge is 2.48. The van der Waals surface area contributed by atoms with Crippen LogP contribution in [0.25, 0.3) is 0 Å². The van der Waals surface area contributed by atoms with Gasteiger partial charge in [-0.15, -0.1) is 0 Å². The predicted octanol–water partition coefficient (Wildman–Crippen LogP) is 3.96. The molecule has 1 aliphatic heterocycles. The van der Waals surface area contributed by atoms with Crippen molar-refractivity contribution in [1.82, 2.24) is 4.90 Å². The number of hydrogen-bond acceptors (Lipinski definition) is 2. The third-order valence-electron chi connectivity index (χ3n) is 6.08. The molecule has 1 N–H and O–H groups in total. The first-order valence-electron chi connectivity index (χ1n) is 11.5. The normalized spacial score (nSPS) is 36.0. The van der Waals surface area contributed by atoms with E-state index in [4.69, 9.17) is 6.85 Å². The largest absolute Gasteiger partial charge is 0.385 e. The minimum Gasteiger partial charge on any atom is -0.385 e. The van der Waals surface area contributed by atoms with E-state index in [1.165, 1.54) is 6.42 Å². The SMILES string of the molecule is [2H]c1c([2H])c([2H])c(C(O)(CCN2CCCCC2)C2CC3C=CC2C3)c([2H])c1[2H]. The molecular weight excluding hydrogens is 282 g/mol. The van der Waals surface area contributed by atoms with Crippen molar-refractivity contribution in [1.29, 1.82) is 0 Å². The molecule has 1 aromatic carbocycles. The fourth-order valence-corrected chi connectivity index (χ4v) is 4.80. The van der Waals surface area contributed by atoms with E-state index in [0.29, 0.717) is 18.9 Å². The zero-order chi connectivity index (χ0) is 20.1. The van der Waals surface area contributed by atoms with E-state index in [9.17, 15) is 5.11 Å². The molecule has 2 nitrogen and oxygen atoms in total. The molecule has 1 saturated carbocycles. The van der Waals surface area contributed by atoms with E-state index < -0.39 is 11.6 Å². The van der Waals surface area contributed by atoms with Gasteiger partial charge in [-0.25, -0.2) is 0 Å². The molecule has 23 heavy (non-hydrogen) atoms. The van der Waals surface area contributed by atoms with Crippen LogP contribution in [0, 0.1) is 17.8 Å². The summed E-state index contributed by atoms with van der Waals surface area (Å²) in [6.45, 7) is 2.71. The zero-order valence-electron chi connectivity index (χ0n) is 18.6. The summed E-state index contributed by atoms with van der Waals surface area (Å²) in [4.78, 5) is 2.34. The smallest absolute Gasteiger partial charge is 0.0942 e. The number of likely N-dealkylation sites (tertiary alicyclic amines) is 1. The van der Waals surface area contributed by atoms with Crippen LogP contribution in [0.5, 0.6) is 0 Å². The maximum absolute atomic E-state index is 12.0. The molecule has 1 heterocycles. The molecule has 0 spiro atoms. The summed E-state index contributed by atoms with van der Waals surface area (Å²) in [5.74, 6) is 0.548. The van der Waals surface area contributed by atoms with Crippen LogP contribution in [0.2, 0.25) is 0 Å². The molecule has 1 saturated heterocycles. The number of piperidine rings is 1. The van der Waals surface area contributed by atoms with Crippen LogP contribution >= 0.6 is 0 Å². The standard InChI is InChI=1S/C21H29NO/c23-21(19-7-3-1-4-8-19,11-14-22-12-5-2-6-13-22)20-16-17-9-10-18(20)15-17/h1,3-4,7-10,17-18,20,23H,2,5-6,11-16H2/i1D,3D,4D,7D,8D. The highest BCUT2D eigenvalue weighted by molar-refractivity contribution is 5.27. The van der Waals surface area contributed by atoms with Crippen molar-refractivity contribution >= 4 is 0 Å². The highest BCUT2D eigenvalue weighted by atomic mass is 16.3. The molecular formula is C21H29NO. The molecule has 2 aliphatic carbocycles. The Hall–Kier alpha value is -1.12. The van der Waals surface area contributed by atoms with Gasteiger partial charge in [0.1, 0.15) is 0 Å². The first-order chi connectivity index (χ1) is 13.3. The van der Waals surface area contributed by atoms with Crippen molar-refractivity contribution in [2.75, 3.05) is 19.6 Å². The maximum atomic E-state index is 12.0. The Morgan fingerprint density at radius 2 is 1.87 bits per heavy atom. The third-order valence-corrected chi connectivity index (χ3v) is 6.08. The quantitative estimate of drug-likeness (QED) is 0.831. The van der Waals surface area contributed by atoms with Crippen molar-refractivity contribution in [3.05, 3.63) is 47.9 Å². The summed E-state index contributed by atoms with van der Waals surface area (Å²) in [6, 6.07) is -1.61. The number of allylic oxidation sites excluding steroid dienone is 2. The number of nitrogens with zero attached hydrogens (tertiary/aromatic N) is 1. The Kier molecular flexibility index (Phi) is 2.98. The van der Waals surface area contributed by atoms with Gasteiger partial charge in [-0.2, -0.15) is 0 Å². The summed E-state index contributed by atoms with van der Waals surface area (Å²) in [5, 5.41) is 12.0. The average Bonchev–Trinajstić information content (AvgIpc) is 3.34. The Balaban J connectivity index is 1.74. The lowest BCUT2D eigenvalue weighted by Gasteiger charge is -2.40. The molecule has 124 valence electrons. The second-order valence-electron chi connectivity index (χ2n) is 7.46. The number of benzene rings is 1. The maximum Gasteiger partial charge on any atom is 0.0942 e. The van der Waals surface area contributed by atoms with Gasteiger partial charge >= 0.3 is 0 Å². The molecule has 2 fully saturated rings.